The van der Waals surface area contributed by atoms with Crippen LogP contribution >= 0.6 is 15.9 Å². The molecule has 0 aromatic heterocycles. The van der Waals surface area contributed by atoms with Gasteiger partial charge >= 0.3 is 0 Å². The standard InChI is InChI=1S/C15H20BrFN2/c1-18-12-5-6-13(18)10-19(8-7-12)15-11(9-16)3-2-4-14(15)17/h2-4,12-13H,5-10H2,1H3. The Morgan fingerprint density at radius 1 is 1.26 bits per heavy atom. The summed E-state index contributed by atoms with van der Waals surface area (Å²) in [7, 11) is 2.22. The summed E-state index contributed by atoms with van der Waals surface area (Å²) in [5, 5.41) is 0.709. The van der Waals surface area contributed by atoms with Crippen LogP contribution in [0.2, 0.25) is 0 Å². The maximum absolute atomic E-state index is 14.2. The number of hydrogen-bond donors (Lipinski definition) is 0. The maximum Gasteiger partial charge on any atom is 0.146 e. The predicted octanol–water partition coefficient (Wildman–Crippen LogP) is 3.39. The number of benzene rings is 1. The van der Waals surface area contributed by atoms with Crippen LogP contribution in [-0.2, 0) is 5.33 Å². The highest BCUT2D eigenvalue weighted by Crippen LogP contribution is 2.33. The number of halogens is 2. The zero-order chi connectivity index (χ0) is 13.4. The molecule has 1 aromatic carbocycles. The van der Waals surface area contributed by atoms with Crippen LogP contribution in [0, 0.1) is 5.82 Å². The molecular formula is C15H20BrFN2. The molecule has 2 heterocycles. The summed E-state index contributed by atoms with van der Waals surface area (Å²) >= 11 is 3.48. The van der Waals surface area contributed by atoms with Crippen LogP contribution in [0.25, 0.3) is 0 Å². The van der Waals surface area contributed by atoms with Crippen molar-refractivity contribution in [2.45, 2.75) is 36.7 Å². The molecule has 0 N–H and O–H groups in total. The molecule has 2 nitrogen and oxygen atoms in total. The molecule has 2 saturated heterocycles. The lowest BCUT2D eigenvalue weighted by molar-refractivity contribution is 0.254. The molecule has 2 bridgehead atoms. The van der Waals surface area contributed by atoms with Gasteiger partial charge in [-0.1, -0.05) is 28.1 Å². The normalized spacial score (nSPS) is 27.6. The van der Waals surface area contributed by atoms with E-state index in [1.807, 2.05) is 6.07 Å². The van der Waals surface area contributed by atoms with E-state index in [1.54, 1.807) is 12.1 Å². The van der Waals surface area contributed by atoms with Crippen LogP contribution < -0.4 is 4.90 Å². The molecular weight excluding hydrogens is 307 g/mol. The third-order valence-corrected chi connectivity index (χ3v) is 5.28. The van der Waals surface area contributed by atoms with Gasteiger partial charge < -0.3 is 4.90 Å². The van der Waals surface area contributed by atoms with Gasteiger partial charge in [0, 0.05) is 30.5 Å². The second-order valence-corrected chi connectivity index (χ2v) is 6.23. The highest BCUT2D eigenvalue weighted by Gasteiger charge is 2.35. The lowest BCUT2D eigenvalue weighted by Gasteiger charge is -2.29. The van der Waals surface area contributed by atoms with Crippen LogP contribution in [0.4, 0.5) is 10.1 Å². The fraction of sp³-hybridized carbons (Fsp3) is 0.600. The van der Waals surface area contributed by atoms with Crippen molar-refractivity contribution >= 4 is 21.6 Å². The SMILES string of the molecule is CN1C2CCC1CN(c1c(F)cccc1CBr)CC2. The molecule has 1 aromatic rings. The first-order valence-corrected chi connectivity index (χ1v) is 8.13. The number of fused-ring (bicyclic) bond motifs is 2. The highest BCUT2D eigenvalue weighted by molar-refractivity contribution is 9.08. The number of anilines is 1. The van der Waals surface area contributed by atoms with Crippen molar-refractivity contribution in [2.24, 2.45) is 0 Å². The molecule has 19 heavy (non-hydrogen) atoms. The van der Waals surface area contributed by atoms with Gasteiger partial charge in [-0.25, -0.2) is 4.39 Å². The predicted molar refractivity (Wildman–Crippen MR) is 80.4 cm³/mol. The van der Waals surface area contributed by atoms with Gasteiger partial charge in [-0.05, 0) is 37.9 Å². The third-order valence-electron chi connectivity index (χ3n) is 4.68. The number of para-hydroxylation sites is 1. The number of nitrogens with zero attached hydrogens (tertiary/aromatic N) is 2. The second-order valence-electron chi connectivity index (χ2n) is 5.67. The first-order chi connectivity index (χ1) is 9.20. The summed E-state index contributed by atoms with van der Waals surface area (Å²) in [5.41, 5.74) is 1.86. The molecule has 2 unspecified atom stereocenters. The minimum absolute atomic E-state index is 0.0858. The zero-order valence-electron chi connectivity index (χ0n) is 11.3. The quantitative estimate of drug-likeness (QED) is 0.768. The Kier molecular flexibility index (Phi) is 3.81. The molecule has 0 radical (unpaired) electrons. The molecule has 0 saturated carbocycles. The first-order valence-electron chi connectivity index (χ1n) is 7.01. The Hall–Kier alpha value is -0.610. The fourth-order valence-corrected chi connectivity index (χ4v) is 3.99. The van der Waals surface area contributed by atoms with E-state index in [4.69, 9.17) is 0 Å². The van der Waals surface area contributed by atoms with E-state index in [0.29, 0.717) is 17.4 Å². The molecule has 104 valence electrons. The van der Waals surface area contributed by atoms with E-state index < -0.39 is 0 Å². The van der Waals surface area contributed by atoms with Crippen LogP contribution in [0.5, 0.6) is 0 Å². The van der Waals surface area contributed by atoms with Gasteiger partial charge in [-0.15, -0.1) is 0 Å². The Balaban J connectivity index is 1.91. The van der Waals surface area contributed by atoms with Gasteiger partial charge in [0.2, 0.25) is 0 Å². The van der Waals surface area contributed by atoms with Crippen molar-refractivity contribution in [1.29, 1.82) is 0 Å². The van der Waals surface area contributed by atoms with E-state index in [1.165, 1.54) is 12.8 Å². The second kappa shape index (κ2) is 5.41. The van der Waals surface area contributed by atoms with Crippen LogP contribution in [-0.4, -0.2) is 37.1 Å². The molecule has 0 spiro atoms. The molecule has 3 rings (SSSR count). The molecule has 2 aliphatic heterocycles. The molecule has 2 aliphatic rings. The van der Waals surface area contributed by atoms with Crippen molar-refractivity contribution in [3.63, 3.8) is 0 Å². The Bertz CT molecular complexity index is 465. The van der Waals surface area contributed by atoms with Crippen molar-refractivity contribution < 1.29 is 4.39 Å². The highest BCUT2D eigenvalue weighted by atomic mass is 79.9. The molecule has 2 atom stereocenters. The summed E-state index contributed by atoms with van der Waals surface area (Å²) < 4.78 is 14.2. The van der Waals surface area contributed by atoms with Gasteiger partial charge in [0.05, 0.1) is 5.69 Å². The van der Waals surface area contributed by atoms with Gasteiger partial charge in [-0.2, -0.15) is 0 Å². The van der Waals surface area contributed by atoms with Gasteiger partial charge in [0.1, 0.15) is 5.82 Å². The molecule has 0 aliphatic carbocycles. The average molecular weight is 327 g/mol. The Morgan fingerprint density at radius 3 is 2.84 bits per heavy atom. The van der Waals surface area contributed by atoms with Gasteiger partial charge in [-0.3, -0.25) is 4.90 Å². The summed E-state index contributed by atoms with van der Waals surface area (Å²) in [6, 6.07) is 6.66. The molecule has 2 fully saturated rings. The third kappa shape index (κ3) is 2.40. The topological polar surface area (TPSA) is 6.48 Å². The van der Waals surface area contributed by atoms with Crippen molar-refractivity contribution in [3.8, 4) is 0 Å². The fourth-order valence-electron chi connectivity index (χ4n) is 3.53. The van der Waals surface area contributed by atoms with E-state index in [2.05, 4.69) is 32.8 Å². The zero-order valence-corrected chi connectivity index (χ0v) is 12.9. The average Bonchev–Trinajstić information content (AvgIpc) is 2.64. The van der Waals surface area contributed by atoms with Crippen molar-refractivity contribution in [2.75, 3.05) is 25.0 Å². The Labute approximate surface area is 122 Å². The van der Waals surface area contributed by atoms with E-state index in [0.717, 1.165) is 30.8 Å². The van der Waals surface area contributed by atoms with E-state index >= 15 is 0 Å². The van der Waals surface area contributed by atoms with Crippen LogP contribution in [0.1, 0.15) is 24.8 Å². The lowest BCUT2D eigenvalue weighted by Crippen LogP contribution is -2.37. The van der Waals surface area contributed by atoms with Crippen molar-refractivity contribution in [1.82, 2.24) is 4.90 Å². The molecule has 0 amide bonds. The Morgan fingerprint density at radius 2 is 2.05 bits per heavy atom. The summed E-state index contributed by atoms with van der Waals surface area (Å²) in [6.07, 6.45) is 3.69. The number of hydrogen-bond acceptors (Lipinski definition) is 2. The molecule has 4 heteroatoms. The summed E-state index contributed by atoms with van der Waals surface area (Å²) in [4.78, 5) is 4.75. The first kappa shape index (κ1) is 13.4. The van der Waals surface area contributed by atoms with Gasteiger partial charge in [0.15, 0.2) is 0 Å². The monoisotopic (exact) mass is 326 g/mol. The smallest absolute Gasteiger partial charge is 0.146 e. The summed E-state index contributed by atoms with van der Waals surface area (Å²) in [6.45, 7) is 1.92. The minimum atomic E-state index is -0.0858. The summed E-state index contributed by atoms with van der Waals surface area (Å²) in [5.74, 6) is -0.0858. The van der Waals surface area contributed by atoms with Crippen molar-refractivity contribution in [3.05, 3.63) is 29.6 Å². The van der Waals surface area contributed by atoms with E-state index in [9.17, 15) is 4.39 Å². The number of alkyl halides is 1. The van der Waals surface area contributed by atoms with Gasteiger partial charge in [0.25, 0.3) is 0 Å². The number of rotatable bonds is 2. The maximum atomic E-state index is 14.2. The lowest BCUT2D eigenvalue weighted by atomic mass is 10.1. The minimum Gasteiger partial charge on any atom is -0.367 e. The van der Waals surface area contributed by atoms with Crippen LogP contribution in [0.15, 0.2) is 18.2 Å². The van der Waals surface area contributed by atoms with Crippen LogP contribution in [0.3, 0.4) is 0 Å². The number of likely N-dealkylation sites (N-methyl/N-ethyl adjacent to an activating group) is 1. The largest absolute Gasteiger partial charge is 0.367 e. The van der Waals surface area contributed by atoms with E-state index in [-0.39, 0.29) is 5.82 Å².